The van der Waals surface area contributed by atoms with Crippen LogP contribution in [0.3, 0.4) is 0 Å². The number of carbonyl (C=O) groups is 1. The van der Waals surface area contributed by atoms with Gasteiger partial charge in [-0.25, -0.2) is 0 Å². The summed E-state index contributed by atoms with van der Waals surface area (Å²) in [6.45, 7) is 1.11. The monoisotopic (exact) mass is 450 g/mol. The van der Waals surface area contributed by atoms with Crippen molar-refractivity contribution in [3.63, 3.8) is 0 Å². The van der Waals surface area contributed by atoms with Gasteiger partial charge in [-0.1, -0.05) is 84.9 Å². The molecule has 0 spiro atoms. The highest BCUT2D eigenvalue weighted by Crippen LogP contribution is 2.17. The second-order valence-corrected chi connectivity index (χ2v) is 8.38. The summed E-state index contributed by atoms with van der Waals surface area (Å²) in [6.07, 6.45) is 2.62. The molecule has 0 aliphatic carbocycles. The second-order valence-electron chi connectivity index (χ2n) is 8.38. The molecule has 0 fully saturated rings. The fraction of sp³-hybridized carbons (Fsp3) is 0.194. The molecule has 0 bridgehead atoms. The molecule has 4 rings (SSSR count). The van der Waals surface area contributed by atoms with E-state index in [9.17, 15) is 4.79 Å². The smallest absolute Gasteiger partial charge is 0.133 e. The zero-order valence-corrected chi connectivity index (χ0v) is 19.4. The van der Waals surface area contributed by atoms with E-state index in [1.165, 1.54) is 0 Å². The Bertz CT molecular complexity index is 1040. The summed E-state index contributed by atoms with van der Waals surface area (Å²) in [5.74, 6) is 1.97. The summed E-state index contributed by atoms with van der Waals surface area (Å²) in [5, 5.41) is 0. The number of ketones is 1. The van der Waals surface area contributed by atoms with Crippen LogP contribution in [0.15, 0.2) is 109 Å². The van der Waals surface area contributed by atoms with Crippen molar-refractivity contribution in [2.45, 2.75) is 38.9 Å². The Morgan fingerprint density at radius 3 is 1.24 bits per heavy atom. The molecule has 0 atom stereocenters. The first-order valence-electron chi connectivity index (χ1n) is 11.8. The van der Waals surface area contributed by atoms with E-state index < -0.39 is 0 Å². The Balaban J connectivity index is 1.15. The topological polar surface area (TPSA) is 35.5 Å². The molecule has 0 saturated carbocycles. The number of ether oxygens (including phenoxy) is 2. The predicted octanol–water partition coefficient (Wildman–Crippen LogP) is 6.98. The summed E-state index contributed by atoms with van der Waals surface area (Å²) >= 11 is 0. The van der Waals surface area contributed by atoms with Gasteiger partial charge in [0, 0.05) is 12.8 Å². The molecule has 4 aromatic carbocycles. The standard InChI is InChI=1S/C31H30O3/c32-29(17-11-25-13-19-30(20-14-25)33-23-27-7-3-1-4-8-27)18-12-26-15-21-31(22-16-26)34-24-28-9-5-2-6-10-28/h1-10,13-16,19-22H,11-12,17-18,23-24H2. The zero-order valence-electron chi connectivity index (χ0n) is 19.4. The van der Waals surface area contributed by atoms with Crippen molar-refractivity contribution in [2.75, 3.05) is 0 Å². The van der Waals surface area contributed by atoms with Crippen molar-refractivity contribution in [3.05, 3.63) is 131 Å². The van der Waals surface area contributed by atoms with Gasteiger partial charge in [0.15, 0.2) is 0 Å². The van der Waals surface area contributed by atoms with E-state index in [2.05, 4.69) is 0 Å². The molecule has 0 heterocycles. The Morgan fingerprint density at radius 2 is 0.853 bits per heavy atom. The van der Waals surface area contributed by atoms with E-state index in [0.717, 1.165) is 46.6 Å². The lowest BCUT2D eigenvalue weighted by molar-refractivity contribution is -0.119. The van der Waals surface area contributed by atoms with Gasteiger partial charge in [0.25, 0.3) is 0 Å². The molecule has 0 saturated heterocycles. The first kappa shape index (κ1) is 23.3. The number of benzene rings is 4. The predicted molar refractivity (Wildman–Crippen MR) is 136 cm³/mol. The van der Waals surface area contributed by atoms with Crippen LogP contribution in [0.1, 0.15) is 35.1 Å². The van der Waals surface area contributed by atoms with Crippen molar-refractivity contribution < 1.29 is 14.3 Å². The molecule has 0 N–H and O–H groups in total. The maximum atomic E-state index is 12.4. The van der Waals surface area contributed by atoms with Gasteiger partial charge in [-0.15, -0.1) is 0 Å². The lowest BCUT2D eigenvalue weighted by Gasteiger charge is -2.08. The average molecular weight is 451 g/mol. The first-order chi connectivity index (χ1) is 16.7. The molecule has 172 valence electrons. The van der Waals surface area contributed by atoms with Crippen molar-refractivity contribution in [3.8, 4) is 11.5 Å². The van der Waals surface area contributed by atoms with Gasteiger partial charge in [-0.3, -0.25) is 4.79 Å². The lowest BCUT2D eigenvalue weighted by atomic mass is 10.0. The van der Waals surface area contributed by atoms with Crippen LogP contribution in [0.4, 0.5) is 0 Å². The number of aryl methyl sites for hydroxylation is 2. The number of rotatable bonds is 12. The minimum Gasteiger partial charge on any atom is -0.489 e. The van der Waals surface area contributed by atoms with Crippen LogP contribution in [0, 0.1) is 0 Å². The molecule has 3 nitrogen and oxygen atoms in total. The van der Waals surface area contributed by atoms with Crippen molar-refractivity contribution >= 4 is 5.78 Å². The van der Waals surface area contributed by atoms with Crippen molar-refractivity contribution in [1.29, 1.82) is 0 Å². The minimum absolute atomic E-state index is 0.286. The largest absolute Gasteiger partial charge is 0.489 e. The summed E-state index contributed by atoms with van der Waals surface area (Å²) in [7, 11) is 0. The van der Waals surface area contributed by atoms with Gasteiger partial charge in [0.1, 0.15) is 30.5 Å². The summed E-state index contributed by atoms with van der Waals surface area (Å²) in [4.78, 5) is 12.4. The maximum absolute atomic E-state index is 12.4. The number of hydrogen-bond acceptors (Lipinski definition) is 3. The van der Waals surface area contributed by atoms with E-state index in [1.54, 1.807) is 0 Å². The lowest BCUT2D eigenvalue weighted by Crippen LogP contribution is -2.02. The third-order valence-electron chi connectivity index (χ3n) is 5.73. The quantitative estimate of drug-likeness (QED) is 0.234. The molecule has 0 aromatic heterocycles. The molecule has 34 heavy (non-hydrogen) atoms. The Hall–Kier alpha value is -3.85. The molecule has 0 radical (unpaired) electrons. The molecule has 0 unspecified atom stereocenters. The van der Waals surface area contributed by atoms with Gasteiger partial charge in [0.05, 0.1) is 0 Å². The van der Waals surface area contributed by atoms with Crippen LogP contribution < -0.4 is 9.47 Å². The highest BCUT2D eigenvalue weighted by atomic mass is 16.5. The van der Waals surface area contributed by atoms with Crippen LogP contribution in [0.25, 0.3) is 0 Å². The normalized spacial score (nSPS) is 10.6. The summed E-state index contributed by atoms with van der Waals surface area (Å²) in [6, 6.07) is 36.3. The Labute approximate surface area is 202 Å². The SMILES string of the molecule is O=C(CCc1ccc(OCc2ccccc2)cc1)CCc1ccc(OCc2ccccc2)cc1. The van der Waals surface area contributed by atoms with Crippen LogP contribution >= 0.6 is 0 Å². The van der Waals surface area contributed by atoms with E-state index >= 15 is 0 Å². The summed E-state index contributed by atoms with van der Waals surface area (Å²) < 4.78 is 11.7. The highest BCUT2D eigenvalue weighted by Gasteiger charge is 2.05. The highest BCUT2D eigenvalue weighted by molar-refractivity contribution is 5.78. The van der Waals surface area contributed by atoms with E-state index in [-0.39, 0.29) is 5.78 Å². The van der Waals surface area contributed by atoms with Crippen molar-refractivity contribution in [1.82, 2.24) is 0 Å². The number of carbonyl (C=O) groups excluding carboxylic acids is 1. The number of Topliss-reactive ketones (excluding diaryl/α,β-unsaturated/α-hetero) is 1. The van der Waals surface area contributed by atoms with Gasteiger partial charge in [-0.2, -0.15) is 0 Å². The Morgan fingerprint density at radius 1 is 0.471 bits per heavy atom. The van der Waals surface area contributed by atoms with E-state index in [4.69, 9.17) is 9.47 Å². The van der Waals surface area contributed by atoms with Gasteiger partial charge in [0.2, 0.25) is 0 Å². The van der Waals surface area contributed by atoms with Crippen LogP contribution in [0.2, 0.25) is 0 Å². The molecule has 4 aromatic rings. The number of hydrogen-bond donors (Lipinski definition) is 0. The molecular formula is C31H30O3. The minimum atomic E-state index is 0.286. The molecule has 0 aliphatic rings. The van der Waals surface area contributed by atoms with E-state index in [0.29, 0.717) is 26.1 Å². The third kappa shape index (κ3) is 7.63. The van der Waals surface area contributed by atoms with Crippen molar-refractivity contribution in [2.24, 2.45) is 0 Å². The molecular weight excluding hydrogens is 420 g/mol. The van der Waals surface area contributed by atoms with Crippen LogP contribution in [0.5, 0.6) is 11.5 Å². The third-order valence-corrected chi connectivity index (χ3v) is 5.73. The second kappa shape index (κ2) is 12.4. The fourth-order valence-corrected chi connectivity index (χ4v) is 3.68. The van der Waals surface area contributed by atoms with E-state index in [1.807, 2.05) is 109 Å². The van der Waals surface area contributed by atoms with Crippen LogP contribution in [-0.4, -0.2) is 5.78 Å². The zero-order chi connectivity index (χ0) is 23.4. The molecule has 0 aliphatic heterocycles. The average Bonchev–Trinajstić information content (AvgIpc) is 2.91. The summed E-state index contributed by atoms with van der Waals surface area (Å²) in [5.41, 5.74) is 4.60. The van der Waals surface area contributed by atoms with Gasteiger partial charge >= 0.3 is 0 Å². The fourth-order valence-electron chi connectivity index (χ4n) is 3.68. The molecule has 3 heteroatoms. The first-order valence-corrected chi connectivity index (χ1v) is 11.8. The van der Waals surface area contributed by atoms with Gasteiger partial charge in [-0.05, 0) is 59.4 Å². The maximum Gasteiger partial charge on any atom is 0.133 e. The van der Waals surface area contributed by atoms with Gasteiger partial charge < -0.3 is 9.47 Å². The van der Waals surface area contributed by atoms with Crippen LogP contribution in [-0.2, 0) is 30.8 Å². The molecule has 0 amide bonds. The Kier molecular flexibility index (Phi) is 8.51.